The van der Waals surface area contributed by atoms with Gasteiger partial charge in [-0.3, -0.25) is 4.79 Å². The Bertz CT molecular complexity index is 787. The fraction of sp³-hybridized carbons (Fsp3) is 0.300. The summed E-state index contributed by atoms with van der Waals surface area (Å²) in [6.07, 6.45) is -0.413. The van der Waals surface area contributed by atoms with Crippen molar-refractivity contribution in [2.75, 3.05) is 6.61 Å². The van der Waals surface area contributed by atoms with E-state index >= 15 is 0 Å². The third-order valence-corrected chi connectivity index (χ3v) is 4.19. The molecule has 130 valence electrons. The van der Waals surface area contributed by atoms with E-state index in [-0.39, 0.29) is 24.3 Å². The van der Waals surface area contributed by atoms with Crippen LogP contribution in [0.25, 0.3) is 0 Å². The second-order valence-corrected chi connectivity index (χ2v) is 5.98. The van der Waals surface area contributed by atoms with Crippen LogP contribution in [0.3, 0.4) is 0 Å². The topological polar surface area (TPSA) is 64.6 Å². The maximum absolute atomic E-state index is 12.4. The molecule has 0 saturated heterocycles. The van der Waals surface area contributed by atoms with Crippen molar-refractivity contribution >= 4 is 11.9 Å². The third kappa shape index (κ3) is 3.82. The number of hydrogen-bond donors (Lipinski definition) is 1. The molecule has 0 aliphatic carbocycles. The number of ether oxygens (including phenoxy) is 2. The summed E-state index contributed by atoms with van der Waals surface area (Å²) in [5, 5.41) is 2.95. The van der Waals surface area contributed by atoms with Crippen molar-refractivity contribution in [2.24, 2.45) is 0 Å². The van der Waals surface area contributed by atoms with E-state index in [0.29, 0.717) is 12.2 Å². The van der Waals surface area contributed by atoms with Crippen molar-refractivity contribution in [1.29, 1.82) is 0 Å². The number of hydrogen-bond acceptors (Lipinski definition) is 4. The summed E-state index contributed by atoms with van der Waals surface area (Å²) < 4.78 is 10.8. The van der Waals surface area contributed by atoms with Crippen LogP contribution in [-0.2, 0) is 9.53 Å². The smallest absolute Gasteiger partial charge is 0.339 e. The molecule has 25 heavy (non-hydrogen) atoms. The third-order valence-electron chi connectivity index (χ3n) is 4.19. The first-order valence-electron chi connectivity index (χ1n) is 8.40. The Morgan fingerprint density at radius 2 is 2.04 bits per heavy atom. The van der Waals surface area contributed by atoms with Gasteiger partial charge in [-0.1, -0.05) is 30.3 Å². The molecule has 3 rings (SSSR count). The van der Waals surface area contributed by atoms with Gasteiger partial charge < -0.3 is 14.8 Å². The molecule has 1 amide bonds. The second-order valence-electron chi connectivity index (χ2n) is 5.98. The number of benzene rings is 2. The average Bonchev–Trinajstić information content (AvgIpc) is 2.91. The van der Waals surface area contributed by atoms with E-state index in [4.69, 9.17) is 9.47 Å². The fourth-order valence-electron chi connectivity index (χ4n) is 2.96. The number of carbonyl (C=O) groups is 2. The lowest BCUT2D eigenvalue weighted by atomic mass is 10.0. The molecular formula is C20H21NO4. The average molecular weight is 339 g/mol. The van der Waals surface area contributed by atoms with Crippen molar-refractivity contribution in [1.82, 2.24) is 5.32 Å². The van der Waals surface area contributed by atoms with Crippen LogP contribution in [0, 0.1) is 0 Å². The van der Waals surface area contributed by atoms with Crippen LogP contribution in [0.15, 0.2) is 48.5 Å². The molecule has 0 unspecified atom stereocenters. The largest absolute Gasteiger partial charge is 0.494 e. The van der Waals surface area contributed by atoms with Gasteiger partial charge in [0.1, 0.15) is 11.9 Å². The Morgan fingerprint density at radius 3 is 2.84 bits per heavy atom. The summed E-state index contributed by atoms with van der Waals surface area (Å²) in [5.74, 6) is 0.245. The van der Waals surface area contributed by atoms with Crippen molar-refractivity contribution in [3.63, 3.8) is 0 Å². The Morgan fingerprint density at radius 1 is 1.24 bits per heavy atom. The lowest BCUT2D eigenvalue weighted by molar-refractivity contribution is -0.123. The van der Waals surface area contributed by atoms with E-state index in [1.807, 2.05) is 50.2 Å². The first-order valence-corrected chi connectivity index (χ1v) is 8.40. The monoisotopic (exact) mass is 339 g/mol. The molecule has 0 radical (unpaired) electrons. The van der Waals surface area contributed by atoms with Gasteiger partial charge in [-0.05, 0) is 37.6 Å². The highest BCUT2D eigenvalue weighted by molar-refractivity contribution is 5.94. The molecule has 0 fully saturated rings. The van der Waals surface area contributed by atoms with Gasteiger partial charge in [-0.25, -0.2) is 4.79 Å². The van der Waals surface area contributed by atoms with E-state index < -0.39 is 6.10 Å². The van der Waals surface area contributed by atoms with Crippen LogP contribution < -0.4 is 10.1 Å². The quantitative estimate of drug-likeness (QED) is 0.817. The zero-order valence-corrected chi connectivity index (χ0v) is 14.3. The van der Waals surface area contributed by atoms with Gasteiger partial charge in [0.15, 0.2) is 0 Å². The van der Waals surface area contributed by atoms with Crippen molar-refractivity contribution < 1.29 is 19.1 Å². The molecule has 1 heterocycles. The predicted octanol–water partition coefficient (Wildman–Crippen LogP) is 3.56. The summed E-state index contributed by atoms with van der Waals surface area (Å²) in [6.45, 7) is 4.44. The zero-order valence-electron chi connectivity index (χ0n) is 14.3. The standard InChI is InChI=1S/C20H21NO4/c1-3-24-15-8-6-7-14(11-15)13(2)21-19(22)12-18-16-9-4-5-10-17(16)20(23)25-18/h4-11,13,18H,3,12H2,1-2H3,(H,21,22)/t13-,18+/m1/s1. The summed E-state index contributed by atoms with van der Waals surface area (Å²) in [4.78, 5) is 24.2. The molecule has 2 atom stereocenters. The molecule has 2 aromatic rings. The van der Waals surface area contributed by atoms with Crippen molar-refractivity contribution in [2.45, 2.75) is 32.4 Å². The van der Waals surface area contributed by atoms with Crippen LogP contribution in [0.4, 0.5) is 0 Å². The van der Waals surface area contributed by atoms with Gasteiger partial charge in [0.05, 0.1) is 24.6 Å². The summed E-state index contributed by atoms with van der Waals surface area (Å²) in [6, 6.07) is 14.7. The molecule has 1 aliphatic rings. The van der Waals surface area contributed by atoms with E-state index in [1.165, 1.54) is 0 Å². The SMILES string of the molecule is CCOc1cccc([C@@H](C)NC(=O)C[C@@H]2OC(=O)c3ccccc32)c1. The molecular weight excluding hydrogens is 318 g/mol. The van der Waals surface area contributed by atoms with E-state index in [1.54, 1.807) is 12.1 Å². The molecule has 0 saturated carbocycles. The fourth-order valence-corrected chi connectivity index (χ4v) is 2.96. The minimum Gasteiger partial charge on any atom is -0.494 e. The Kier molecular flexibility index (Phi) is 5.03. The Labute approximate surface area is 147 Å². The number of nitrogens with one attached hydrogen (secondary N) is 1. The number of carbonyl (C=O) groups excluding carboxylic acids is 2. The molecule has 0 bridgehead atoms. The van der Waals surface area contributed by atoms with E-state index in [9.17, 15) is 9.59 Å². The van der Waals surface area contributed by atoms with Gasteiger partial charge in [0.25, 0.3) is 0 Å². The van der Waals surface area contributed by atoms with Crippen LogP contribution in [0.1, 0.15) is 53.9 Å². The van der Waals surface area contributed by atoms with Gasteiger partial charge in [0.2, 0.25) is 5.91 Å². The van der Waals surface area contributed by atoms with Crippen LogP contribution in [0.2, 0.25) is 0 Å². The lowest BCUT2D eigenvalue weighted by Gasteiger charge is -2.17. The van der Waals surface area contributed by atoms with Crippen molar-refractivity contribution in [3.8, 4) is 5.75 Å². The van der Waals surface area contributed by atoms with E-state index in [2.05, 4.69) is 5.32 Å². The lowest BCUT2D eigenvalue weighted by Crippen LogP contribution is -2.28. The van der Waals surface area contributed by atoms with Crippen LogP contribution in [0.5, 0.6) is 5.75 Å². The van der Waals surface area contributed by atoms with Crippen molar-refractivity contribution in [3.05, 3.63) is 65.2 Å². The number of esters is 1. The molecule has 1 aliphatic heterocycles. The van der Waals surface area contributed by atoms with E-state index in [0.717, 1.165) is 16.9 Å². The number of fused-ring (bicyclic) bond motifs is 1. The maximum Gasteiger partial charge on any atom is 0.339 e. The first kappa shape index (κ1) is 17.0. The number of amides is 1. The Balaban J connectivity index is 1.63. The minimum atomic E-state index is -0.523. The molecule has 0 aromatic heterocycles. The molecule has 5 heteroatoms. The summed E-state index contributed by atoms with van der Waals surface area (Å²) in [5.41, 5.74) is 2.27. The second kappa shape index (κ2) is 7.38. The minimum absolute atomic E-state index is 0.109. The number of cyclic esters (lactones) is 1. The summed E-state index contributed by atoms with van der Waals surface area (Å²) >= 11 is 0. The molecule has 2 aromatic carbocycles. The molecule has 0 spiro atoms. The highest BCUT2D eigenvalue weighted by atomic mass is 16.5. The van der Waals surface area contributed by atoms with Crippen LogP contribution >= 0.6 is 0 Å². The van der Waals surface area contributed by atoms with Gasteiger partial charge >= 0.3 is 5.97 Å². The number of rotatable bonds is 6. The zero-order chi connectivity index (χ0) is 17.8. The first-order chi connectivity index (χ1) is 12.1. The van der Waals surface area contributed by atoms with Gasteiger partial charge in [-0.2, -0.15) is 0 Å². The molecule has 1 N–H and O–H groups in total. The predicted molar refractivity (Wildman–Crippen MR) is 93.4 cm³/mol. The molecule has 5 nitrogen and oxygen atoms in total. The maximum atomic E-state index is 12.4. The normalized spacial score (nSPS) is 16.7. The van der Waals surface area contributed by atoms with Gasteiger partial charge in [0, 0.05) is 5.56 Å². The highest BCUT2D eigenvalue weighted by Gasteiger charge is 2.32. The Hall–Kier alpha value is -2.82. The van der Waals surface area contributed by atoms with Crippen LogP contribution in [-0.4, -0.2) is 18.5 Å². The highest BCUT2D eigenvalue weighted by Crippen LogP contribution is 2.32. The van der Waals surface area contributed by atoms with Gasteiger partial charge in [-0.15, -0.1) is 0 Å². The summed E-state index contributed by atoms with van der Waals surface area (Å²) in [7, 11) is 0.